The minimum Gasteiger partial charge on any atom is -0.306 e. The summed E-state index contributed by atoms with van der Waals surface area (Å²) in [5.41, 5.74) is 0. The van der Waals surface area contributed by atoms with Crippen LogP contribution < -0.4 is 4.87 Å². The molecule has 3 heteroatoms. The van der Waals surface area contributed by atoms with Crippen molar-refractivity contribution in [2.24, 2.45) is 5.92 Å². The van der Waals surface area contributed by atoms with Gasteiger partial charge in [-0.15, -0.1) is 0 Å². The molecule has 1 aromatic rings. The van der Waals surface area contributed by atoms with Crippen molar-refractivity contribution in [1.29, 1.82) is 0 Å². The van der Waals surface area contributed by atoms with Crippen molar-refractivity contribution in [3.05, 3.63) is 21.2 Å². The van der Waals surface area contributed by atoms with Gasteiger partial charge in [0.25, 0.3) is 0 Å². The van der Waals surface area contributed by atoms with Gasteiger partial charge in [0, 0.05) is 18.1 Å². The maximum Gasteiger partial charge on any atom is 0.307 e. The Morgan fingerprint density at radius 3 is 3.00 bits per heavy atom. The largest absolute Gasteiger partial charge is 0.307 e. The van der Waals surface area contributed by atoms with E-state index in [4.69, 9.17) is 0 Å². The van der Waals surface area contributed by atoms with Crippen LogP contribution in [0.1, 0.15) is 12.8 Å². The molecule has 10 heavy (non-hydrogen) atoms. The van der Waals surface area contributed by atoms with Gasteiger partial charge in [-0.05, 0) is 18.8 Å². The van der Waals surface area contributed by atoms with Crippen LogP contribution in [-0.2, 0) is 6.54 Å². The molecule has 1 heterocycles. The third kappa shape index (κ3) is 1.14. The molecule has 0 unspecified atom stereocenters. The molecule has 2 rings (SSSR count). The van der Waals surface area contributed by atoms with Crippen molar-refractivity contribution in [2.45, 2.75) is 19.4 Å². The average molecular weight is 155 g/mol. The van der Waals surface area contributed by atoms with Gasteiger partial charge in [-0.1, -0.05) is 11.3 Å². The molecule has 0 saturated heterocycles. The average Bonchev–Trinajstić information content (AvgIpc) is 2.62. The molecule has 1 saturated carbocycles. The Balaban J connectivity index is 2.16. The first-order valence-electron chi connectivity index (χ1n) is 3.50. The monoisotopic (exact) mass is 155 g/mol. The van der Waals surface area contributed by atoms with Crippen molar-refractivity contribution >= 4 is 11.3 Å². The highest BCUT2D eigenvalue weighted by atomic mass is 32.1. The summed E-state index contributed by atoms with van der Waals surface area (Å²) >= 11 is 1.28. The van der Waals surface area contributed by atoms with Crippen LogP contribution in [0.3, 0.4) is 0 Å². The standard InChI is InChI=1S/C7H9NOS/c9-7-8(3-4-10-7)5-6-1-2-6/h3-4,6H,1-2,5H2. The van der Waals surface area contributed by atoms with Gasteiger partial charge in [0.2, 0.25) is 0 Å². The molecule has 0 spiro atoms. The molecule has 1 aliphatic carbocycles. The molecular weight excluding hydrogens is 146 g/mol. The lowest BCUT2D eigenvalue weighted by Gasteiger charge is -1.94. The molecule has 1 fully saturated rings. The van der Waals surface area contributed by atoms with E-state index in [0.29, 0.717) is 0 Å². The third-order valence-corrected chi connectivity index (χ3v) is 2.49. The Bertz CT molecular complexity index is 271. The molecule has 0 amide bonds. The minimum absolute atomic E-state index is 0.187. The molecule has 2 nitrogen and oxygen atoms in total. The molecule has 0 N–H and O–H groups in total. The fraction of sp³-hybridized carbons (Fsp3) is 0.571. The normalized spacial score (nSPS) is 17.6. The highest BCUT2D eigenvalue weighted by Crippen LogP contribution is 2.29. The molecule has 0 atom stereocenters. The maximum atomic E-state index is 11.0. The predicted molar refractivity (Wildman–Crippen MR) is 41.3 cm³/mol. The lowest BCUT2D eigenvalue weighted by Crippen LogP contribution is -2.12. The molecule has 1 aromatic heterocycles. The third-order valence-electron chi connectivity index (χ3n) is 1.80. The van der Waals surface area contributed by atoms with Crippen molar-refractivity contribution < 1.29 is 0 Å². The van der Waals surface area contributed by atoms with Gasteiger partial charge in [-0.2, -0.15) is 0 Å². The highest BCUT2D eigenvalue weighted by Gasteiger charge is 2.21. The molecule has 0 aliphatic heterocycles. The van der Waals surface area contributed by atoms with Gasteiger partial charge in [0.15, 0.2) is 0 Å². The quantitative estimate of drug-likeness (QED) is 0.631. The Hall–Kier alpha value is -0.570. The Morgan fingerprint density at radius 1 is 1.70 bits per heavy atom. The zero-order chi connectivity index (χ0) is 6.97. The van der Waals surface area contributed by atoms with Crippen LogP contribution in [0.5, 0.6) is 0 Å². The molecule has 0 bridgehead atoms. The van der Waals surface area contributed by atoms with E-state index in [0.717, 1.165) is 12.5 Å². The number of nitrogens with zero attached hydrogens (tertiary/aromatic N) is 1. The Labute approximate surface area is 63.1 Å². The summed E-state index contributed by atoms with van der Waals surface area (Å²) in [6, 6.07) is 0. The second-order valence-corrected chi connectivity index (χ2v) is 3.62. The SMILES string of the molecule is O=c1sccn1CC1CC1. The van der Waals surface area contributed by atoms with Gasteiger partial charge in [0.05, 0.1) is 0 Å². The minimum atomic E-state index is 0.187. The van der Waals surface area contributed by atoms with Gasteiger partial charge in [-0.25, -0.2) is 0 Å². The summed E-state index contributed by atoms with van der Waals surface area (Å²) in [6.07, 6.45) is 4.50. The number of hydrogen-bond acceptors (Lipinski definition) is 2. The van der Waals surface area contributed by atoms with Crippen LogP contribution in [0.25, 0.3) is 0 Å². The maximum absolute atomic E-state index is 11.0. The Morgan fingerprint density at radius 2 is 2.50 bits per heavy atom. The van der Waals surface area contributed by atoms with Crippen LogP contribution in [0, 0.1) is 5.92 Å². The first-order valence-corrected chi connectivity index (χ1v) is 4.38. The first-order chi connectivity index (χ1) is 4.86. The van der Waals surface area contributed by atoms with Crippen molar-refractivity contribution in [3.8, 4) is 0 Å². The van der Waals surface area contributed by atoms with E-state index >= 15 is 0 Å². The fourth-order valence-corrected chi connectivity index (χ4v) is 1.60. The Kier molecular flexibility index (Phi) is 1.38. The lowest BCUT2D eigenvalue weighted by atomic mass is 10.4. The molecule has 1 aliphatic rings. The van der Waals surface area contributed by atoms with Crippen LogP contribution in [-0.4, -0.2) is 4.57 Å². The fourth-order valence-electron chi connectivity index (χ4n) is 1.00. The summed E-state index contributed by atoms with van der Waals surface area (Å²) in [6.45, 7) is 0.947. The number of rotatable bonds is 2. The highest BCUT2D eigenvalue weighted by molar-refractivity contribution is 7.07. The zero-order valence-electron chi connectivity index (χ0n) is 5.62. The van der Waals surface area contributed by atoms with Gasteiger partial charge in [0.1, 0.15) is 0 Å². The van der Waals surface area contributed by atoms with E-state index in [2.05, 4.69) is 0 Å². The topological polar surface area (TPSA) is 22.0 Å². The molecular formula is C7H9NOS. The predicted octanol–water partition coefficient (Wildman–Crippen LogP) is 1.32. The second kappa shape index (κ2) is 2.23. The van der Waals surface area contributed by atoms with E-state index in [9.17, 15) is 4.79 Å². The van der Waals surface area contributed by atoms with Gasteiger partial charge in [-0.3, -0.25) is 4.79 Å². The smallest absolute Gasteiger partial charge is 0.306 e. The summed E-state index contributed by atoms with van der Waals surface area (Å²) in [4.78, 5) is 11.2. The van der Waals surface area contributed by atoms with Crippen molar-refractivity contribution in [3.63, 3.8) is 0 Å². The van der Waals surface area contributed by atoms with E-state index in [-0.39, 0.29) is 4.87 Å². The lowest BCUT2D eigenvalue weighted by molar-refractivity contribution is 0.619. The van der Waals surface area contributed by atoms with Crippen molar-refractivity contribution in [1.82, 2.24) is 4.57 Å². The van der Waals surface area contributed by atoms with E-state index in [1.807, 2.05) is 16.1 Å². The first kappa shape index (κ1) is 6.16. The van der Waals surface area contributed by atoms with Crippen LogP contribution in [0.2, 0.25) is 0 Å². The van der Waals surface area contributed by atoms with Gasteiger partial charge >= 0.3 is 4.87 Å². The van der Waals surface area contributed by atoms with Crippen molar-refractivity contribution in [2.75, 3.05) is 0 Å². The van der Waals surface area contributed by atoms with Gasteiger partial charge < -0.3 is 4.57 Å². The zero-order valence-corrected chi connectivity index (χ0v) is 6.43. The summed E-state index contributed by atoms with van der Waals surface area (Å²) in [7, 11) is 0. The molecule has 54 valence electrons. The number of hydrogen-bond donors (Lipinski definition) is 0. The summed E-state index contributed by atoms with van der Waals surface area (Å²) < 4.78 is 1.81. The van der Waals surface area contributed by atoms with E-state index in [1.165, 1.54) is 24.2 Å². The summed E-state index contributed by atoms with van der Waals surface area (Å²) in [5.74, 6) is 0.798. The van der Waals surface area contributed by atoms with Crippen LogP contribution in [0.15, 0.2) is 16.4 Å². The second-order valence-electron chi connectivity index (χ2n) is 2.76. The number of thiazole rings is 1. The van der Waals surface area contributed by atoms with E-state index < -0.39 is 0 Å². The van der Waals surface area contributed by atoms with Crippen LogP contribution in [0.4, 0.5) is 0 Å². The summed E-state index contributed by atoms with van der Waals surface area (Å²) in [5, 5.41) is 1.85. The number of aromatic nitrogens is 1. The molecule has 0 aromatic carbocycles. The molecule has 0 radical (unpaired) electrons. The van der Waals surface area contributed by atoms with E-state index in [1.54, 1.807) is 0 Å². The van der Waals surface area contributed by atoms with Crippen LogP contribution >= 0.6 is 11.3 Å².